The summed E-state index contributed by atoms with van der Waals surface area (Å²) in [6, 6.07) is 23.2. The number of amides is 1. The third-order valence-corrected chi connectivity index (χ3v) is 8.19. The van der Waals surface area contributed by atoms with Gasteiger partial charge in [0.2, 0.25) is 5.91 Å². The molecule has 7 rings (SSSR count). The highest BCUT2D eigenvalue weighted by Gasteiger charge is 2.46. The van der Waals surface area contributed by atoms with Gasteiger partial charge in [-0.1, -0.05) is 30.3 Å². The SMILES string of the molecule is O=C1C[C@H](N(CC2CC2)CC2CC2)C(c2ccccc2)N1c1ccc2c(cnn2-c2ccc(F)cc2)c1. The van der Waals surface area contributed by atoms with Crippen molar-refractivity contribution < 1.29 is 9.18 Å². The summed E-state index contributed by atoms with van der Waals surface area (Å²) in [6.07, 6.45) is 7.63. The minimum Gasteiger partial charge on any atom is -0.303 e. The van der Waals surface area contributed by atoms with E-state index in [4.69, 9.17) is 0 Å². The second-order valence-electron chi connectivity index (χ2n) is 11.0. The van der Waals surface area contributed by atoms with Crippen LogP contribution in [-0.4, -0.2) is 39.7 Å². The molecule has 1 aliphatic heterocycles. The lowest BCUT2D eigenvalue weighted by Gasteiger charge is -2.36. The van der Waals surface area contributed by atoms with Gasteiger partial charge >= 0.3 is 0 Å². The number of hydrogen-bond donors (Lipinski definition) is 0. The topological polar surface area (TPSA) is 41.4 Å². The third kappa shape index (κ3) is 4.44. The molecule has 1 aromatic heterocycles. The molecule has 2 aliphatic carbocycles. The summed E-state index contributed by atoms with van der Waals surface area (Å²) < 4.78 is 15.3. The maximum absolute atomic E-state index is 13.7. The first-order valence-electron chi connectivity index (χ1n) is 13.5. The van der Waals surface area contributed by atoms with Crippen molar-refractivity contribution in [2.45, 2.75) is 44.2 Å². The molecule has 1 amide bonds. The van der Waals surface area contributed by atoms with Crippen LogP contribution in [0.2, 0.25) is 0 Å². The van der Waals surface area contributed by atoms with Gasteiger partial charge in [-0.15, -0.1) is 0 Å². The summed E-state index contributed by atoms with van der Waals surface area (Å²) in [5, 5.41) is 5.52. The van der Waals surface area contributed by atoms with Gasteiger partial charge in [0.15, 0.2) is 0 Å². The van der Waals surface area contributed by atoms with Gasteiger partial charge in [-0.3, -0.25) is 9.69 Å². The van der Waals surface area contributed by atoms with Gasteiger partial charge in [-0.25, -0.2) is 9.07 Å². The van der Waals surface area contributed by atoms with Crippen LogP contribution in [-0.2, 0) is 4.79 Å². The fourth-order valence-corrected chi connectivity index (χ4v) is 5.94. The van der Waals surface area contributed by atoms with E-state index in [-0.39, 0.29) is 23.8 Å². The van der Waals surface area contributed by atoms with E-state index >= 15 is 0 Å². The highest BCUT2D eigenvalue weighted by molar-refractivity contribution is 5.99. The second-order valence-corrected chi connectivity index (χ2v) is 11.0. The summed E-state index contributed by atoms with van der Waals surface area (Å²) in [5.74, 6) is 1.48. The van der Waals surface area contributed by atoms with Crippen LogP contribution in [0.15, 0.2) is 79.0 Å². The molecule has 37 heavy (non-hydrogen) atoms. The Balaban J connectivity index is 1.26. The van der Waals surface area contributed by atoms with E-state index in [2.05, 4.69) is 40.3 Å². The molecule has 3 aliphatic rings. The average Bonchev–Trinajstić information content (AvgIpc) is 3.84. The van der Waals surface area contributed by atoms with Gasteiger partial charge in [0.05, 0.1) is 23.4 Å². The molecule has 0 bridgehead atoms. The van der Waals surface area contributed by atoms with Gasteiger partial charge in [-0.05, 0) is 85.5 Å². The van der Waals surface area contributed by atoms with E-state index in [9.17, 15) is 9.18 Å². The number of carbonyl (C=O) groups is 1. The zero-order valence-corrected chi connectivity index (χ0v) is 20.8. The Morgan fingerprint density at radius 2 is 1.54 bits per heavy atom. The second kappa shape index (κ2) is 9.10. The van der Waals surface area contributed by atoms with Crippen molar-refractivity contribution in [1.29, 1.82) is 0 Å². The van der Waals surface area contributed by atoms with Crippen LogP contribution < -0.4 is 4.90 Å². The molecule has 2 saturated carbocycles. The highest BCUT2D eigenvalue weighted by atomic mass is 19.1. The molecule has 2 heterocycles. The average molecular weight is 495 g/mol. The van der Waals surface area contributed by atoms with Crippen molar-refractivity contribution in [3.8, 4) is 5.69 Å². The first-order chi connectivity index (χ1) is 18.1. The number of hydrogen-bond acceptors (Lipinski definition) is 3. The minimum absolute atomic E-state index is 0.0178. The Morgan fingerprint density at radius 3 is 2.22 bits per heavy atom. The molecule has 3 fully saturated rings. The summed E-state index contributed by atoms with van der Waals surface area (Å²) in [4.78, 5) is 18.4. The molecule has 0 spiro atoms. The van der Waals surface area contributed by atoms with Crippen LogP contribution in [0.1, 0.15) is 43.7 Å². The summed E-state index contributed by atoms with van der Waals surface area (Å²) >= 11 is 0. The van der Waals surface area contributed by atoms with Gasteiger partial charge in [-0.2, -0.15) is 5.10 Å². The van der Waals surface area contributed by atoms with Crippen LogP contribution in [0.25, 0.3) is 16.6 Å². The normalized spacial score (nSPS) is 21.9. The van der Waals surface area contributed by atoms with Crippen molar-refractivity contribution >= 4 is 22.5 Å². The minimum atomic E-state index is -0.269. The first-order valence-corrected chi connectivity index (χ1v) is 13.5. The van der Waals surface area contributed by atoms with E-state index < -0.39 is 0 Å². The lowest BCUT2D eigenvalue weighted by atomic mass is 9.97. The number of anilines is 1. The molecule has 0 N–H and O–H groups in total. The van der Waals surface area contributed by atoms with Gasteiger partial charge in [0.1, 0.15) is 5.82 Å². The van der Waals surface area contributed by atoms with Gasteiger partial charge in [0.25, 0.3) is 0 Å². The zero-order chi connectivity index (χ0) is 24.9. The molecule has 2 atom stereocenters. The standard InChI is InChI=1S/C31H31FN4O/c32-25-10-12-26(13-11-25)36-28-15-14-27(16-24(28)18-33-36)35-30(37)17-29(31(35)23-4-2-1-3-5-23)34(19-21-6-7-21)20-22-8-9-22/h1-5,10-16,18,21-22,29,31H,6-9,17,19-20H2/t29-,31?/m0/s1. The van der Waals surface area contributed by atoms with Crippen molar-refractivity contribution in [2.75, 3.05) is 18.0 Å². The number of halogens is 1. The largest absolute Gasteiger partial charge is 0.303 e. The van der Waals surface area contributed by atoms with Crippen molar-refractivity contribution in [3.63, 3.8) is 0 Å². The number of benzene rings is 3. The van der Waals surface area contributed by atoms with Crippen molar-refractivity contribution in [1.82, 2.24) is 14.7 Å². The van der Waals surface area contributed by atoms with E-state index in [0.29, 0.717) is 6.42 Å². The molecule has 5 nitrogen and oxygen atoms in total. The monoisotopic (exact) mass is 494 g/mol. The Morgan fingerprint density at radius 1 is 0.865 bits per heavy atom. The maximum atomic E-state index is 13.7. The Kier molecular flexibility index (Phi) is 5.58. The van der Waals surface area contributed by atoms with Gasteiger partial charge < -0.3 is 4.90 Å². The number of aromatic nitrogens is 2. The Hall–Kier alpha value is -3.51. The first kappa shape index (κ1) is 22.7. The fraction of sp³-hybridized carbons (Fsp3) is 0.355. The molecular formula is C31H31FN4O. The van der Waals surface area contributed by atoms with Crippen LogP contribution >= 0.6 is 0 Å². The predicted molar refractivity (Wildman–Crippen MR) is 143 cm³/mol. The lowest BCUT2D eigenvalue weighted by molar-refractivity contribution is -0.117. The van der Waals surface area contributed by atoms with Gasteiger partial charge in [0, 0.05) is 36.6 Å². The van der Waals surface area contributed by atoms with Crippen molar-refractivity contribution in [2.24, 2.45) is 11.8 Å². The third-order valence-electron chi connectivity index (χ3n) is 8.19. The van der Waals surface area contributed by atoms with Crippen LogP contribution in [0.3, 0.4) is 0 Å². The molecule has 4 aromatic rings. The predicted octanol–water partition coefficient (Wildman–Crippen LogP) is 6.13. The molecule has 188 valence electrons. The summed E-state index contributed by atoms with van der Waals surface area (Å²) in [7, 11) is 0. The zero-order valence-electron chi connectivity index (χ0n) is 20.8. The molecule has 6 heteroatoms. The van der Waals surface area contributed by atoms with E-state index in [1.54, 1.807) is 12.1 Å². The quantitative estimate of drug-likeness (QED) is 0.296. The molecular weight excluding hydrogens is 463 g/mol. The van der Waals surface area contributed by atoms with E-state index in [0.717, 1.165) is 47.2 Å². The van der Waals surface area contributed by atoms with E-state index in [1.807, 2.05) is 34.0 Å². The number of carbonyl (C=O) groups excluding carboxylic acids is 1. The van der Waals surface area contributed by atoms with E-state index in [1.165, 1.54) is 43.4 Å². The number of rotatable bonds is 8. The molecule has 1 unspecified atom stereocenters. The lowest BCUT2D eigenvalue weighted by Crippen LogP contribution is -2.42. The Labute approximate surface area is 216 Å². The maximum Gasteiger partial charge on any atom is 0.229 e. The fourth-order valence-electron chi connectivity index (χ4n) is 5.94. The van der Waals surface area contributed by atoms with Crippen LogP contribution in [0.5, 0.6) is 0 Å². The smallest absolute Gasteiger partial charge is 0.229 e. The highest BCUT2D eigenvalue weighted by Crippen LogP contribution is 2.44. The van der Waals surface area contributed by atoms with Crippen molar-refractivity contribution in [3.05, 3.63) is 90.4 Å². The number of nitrogens with zero attached hydrogens (tertiary/aromatic N) is 4. The molecule has 3 aromatic carbocycles. The number of fused-ring (bicyclic) bond motifs is 1. The summed E-state index contributed by atoms with van der Waals surface area (Å²) in [5.41, 5.74) is 3.83. The molecule has 1 saturated heterocycles. The summed E-state index contributed by atoms with van der Waals surface area (Å²) in [6.45, 7) is 2.21. The van der Waals surface area contributed by atoms with Crippen LogP contribution in [0.4, 0.5) is 10.1 Å². The molecule has 0 radical (unpaired) electrons. The Bertz CT molecular complexity index is 1410. The van der Waals surface area contributed by atoms with Crippen LogP contribution in [0, 0.1) is 17.7 Å².